The highest BCUT2D eigenvalue weighted by atomic mass is 79.9. The summed E-state index contributed by atoms with van der Waals surface area (Å²) in [7, 11) is 1.56. The molecule has 0 unspecified atom stereocenters. The third-order valence-electron chi connectivity index (χ3n) is 3.94. The number of hydrogen-bond acceptors (Lipinski definition) is 6. The van der Waals surface area contributed by atoms with Crippen molar-refractivity contribution in [3.63, 3.8) is 0 Å². The SMILES string of the molecule is CCn1nnnc1NCc1cc(OC)c(OCc2ccccc2F)cc1Br. The molecule has 0 spiro atoms. The van der Waals surface area contributed by atoms with E-state index in [-0.39, 0.29) is 12.4 Å². The van der Waals surface area contributed by atoms with Crippen molar-refractivity contribution in [1.82, 2.24) is 20.2 Å². The minimum atomic E-state index is -0.301. The summed E-state index contributed by atoms with van der Waals surface area (Å²) in [6, 6.07) is 10.2. The van der Waals surface area contributed by atoms with E-state index in [0.717, 1.165) is 10.0 Å². The van der Waals surface area contributed by atoms with Gasteiger partial charge < -0.3 is 14.8 Å². The van der Waals surface area contributed by atoms with E-state index in [1.807, 2.05) is 13.0 Å². The second-order valence-corrected chi connectivity index (χ2v) is 6.50. The van der Waals surface area contributed by atoms with E-state index in [1.165, 1.54) is 6.07 Å². The second-order valence-electron chi connectivity index (χ2n) is 5.65. The summed E-state index contributed by atoms with van der Waals surface area (Å²) >= 11 is 3.54. The Morgan fingerprint density at radius 1 is 1.19 bits per heavy atom. The maximum Gasteiger partial charge on any atom is 0.243 e. The van der Waals surface area contributed by atoms with Crippen molar-refractivity contribution in [2.75, 3.05) is 12.4 Å². The smallest absolute Gasteiger partial charge is 0.243 e. The van der Waals surface area contributed by atoms with E-state index in [0.29, 0.717) is 36.1 Å². The van der Waals surface area contributed by atoms with Gasteiger partial charge in [-0.15, -0.1) is 0 Å². The van der Waals surface area contributed by atoms with Gasteiger partial charge in [0, 0.05) is 23.1 Å². The van der Waals surface area contributed by atoms with Gasteiger partial charge in [0.05, 0.1) is 7.11 Å². The van der Waals surface area contributed by atoms with E-state index in [1.54, 1.807) is 36.1 Å². The molecule has 1 N–H and O–H groups in total. The van der Waals surface area contributed by atoms with Crippen molar-refractivity contribution < 1.29 is 13.9 Å². The Kier molecular flexibility index (Phi) is 6.23. The maximum absolute atomic E-state index is 13.8. The molecular weight excluding hydrogens is 417 g/mol. The number of nitrogens with zero attached hydrogens (tertiary/aromatic N) is 4. The number of halogens is 2. The van der Waals surface area contributed by atoms with E-state index >= 15 is 0 Å². The lowest BCUT2D eigenvalue weighted by Crippen LogP contribution is -2.08. The van der Waals surface area contributed by atoms with Crippen LogP contribution >= 0.6 is 15.9 Å². The van der Waals surface area contributed by atoms with Gasteiger partial charge in [-0.05, 0) is 41.1 Å². The average molecular weight is 436 g/mol. The quantitative estimate of drug-likeness (QED) is 0.579. The van der Waals surface area contributed by atoms with Crippen molar-refractivity contribution in [3.8, 4) is 11.5 Å². The largest absolute Gasteiger partial charge is 0.493 e. The van der Waals surface area contributed by atoms with Crippen LogP contribution in [0.1, 0.15) is 18.1 Å². The molecule has 27 heavy (non-hydrogen) atoms. The average Bonchev–Trinajstić information content (AvgIpc) is 3.14. The summed E-state index contributed by atoms with van der Waals surface area (Å²) < 4.78 is 27.5. The predicted octanol–water partition coefficient (Wildman–Crippen LogP) is 3.79. The summed E-state index contributed by atoms with van der Waals surface area (Å²) in [6.07, 6.45) is 0. The van der Waals surface area contributed by atoms with Crippen LogP contribution in [0.25, 0.3) is 0 Å². The lowest BCUT2D eigenvalue weighted by Gasteiger charge is -2.15. The van der Waals surface area contributed by atoms with Crippen LogP contribution in [-0.2, 0) is 19.7 Å². The zero-order valence-corrected chi connectivity index (χ0v) is 16.5. The Morgan fingerprint density at radius 3 is 2.74 bits per heavy atom. The Balaban J connectivity index is 1.73. The minimum absolute atomic E-state index is 0.109. The molecule has 0 bridgehead atoms. The van der Waals surface area contributed by atoms with Crippen molar-refractivity contribution in [1.29, 1.82) is 0 Å². The molecule has 0 radical (unpaired) electrons. The molecule has 0 aliphatic carbocycles. The highest BCUT2D eigenvalue weighted by molar-refractivity contribution is 9.10. The molecule has 3 aromatic rings. The van der Waals surface area contributed by atoms with Crippen LogP contribution in [-0.4, -0.2) is 27.3 Å². The number of aryl methyl sites for hydroxylation is 1. The summed E-state index contributed by atoms with van der Waals surface area (Å²) in [5.74, 6) is 1.37. The normalized spacial score (nSPS) is 10.7. The molecule has 1 aromatic heterocycles. The topological polar surface area (TPSA) is 74.1 Å². The third-order valence-corrected chi connectivity index (χ3v) is 4.68. The van der Waals surface area contributed by atoms with Gasteiger partial charge in [-0.3, -0.25) is 0 Å². The van der Waals surface area contributed by atoms with Gasteiger partial charge in [0.2, 0.25) is 5.95 Å². The van der Waals surface area contributed by atoms with E-state index in [2.05, 4.69) is 36.8 Å². The molecule has 0 aliphatic heterocycles. The molecule has 0 saturated heterocycles. The van der Waals surface area contributed by atoms with Crippen LogP contribution in [0.3, 0.4) is 0 Å². The van der Waals surface area contributed by atoms with Crippen LogP contribution < -0.4 is 14.8 Å². The number of anilines is 1. The zero-order chi connectivity index (χ0) is 19.2. The van der Waals surface area contributed by atoms with E-state index in [9.17, 15) is 4.39 Å². The molecular formula is C18H19BrFN5O2. The zero-order valence-electron chi connectivity index (χ0n) is 14.9. The molecule has 0 saturated carbocycles. The number of benzene rings is 2. The fraction of sp³-hybridized carbons (Fsp3) is 0.278. The van der Waals surface area contributed by atoms with Crippen LogP contribution in [0.4, 0.5) is 10.3 Å². The minimum Gasteiger partial charge on any atom is -0.493 e. The fourth-order valence-electron chi connectivity index (χ4n) is 2.47. The number of nitrogens with one attached hydrogen (secondary N) is 1. The van der Waals surface area contributed by atoms with Gasteiger partial charge in [-0.25, -0.2) is 9.07 Å². The third kappa shape index (κ3) is 4.54. The molecule has 9 heteroatoms. The van der Waals surface area contributed by atoms with Gasteiger partial charge in [0.25, 0.3) is 0 Å². The first-order valence-electron chi connectivity index (χ1n) is 8.35. The molecule has 7 nitrogen and oxygen atoms in total. The summed E-state index contributed by atoms with van der Waals surface area (Å²) in [5, 5.41) is 14.7. The molecule has 0 aliphatic rings. The molecule has 1 heterocycles. The standard InChI is InChI=1S/C18H19BrFN5O2/c1-3-25-18(22-23-24-25)21-10-13-8-16(26-2)17(9-14(13)19)27-11-12-6-4-5-7-15(12)20/h4-9H,3,10-11H2,1-2H3,(H,21,22,24). The molecule has 3 rings (SSSR count). The van der Waals surface area contributed by atoms with Crippen LogP contribution in [0.2, 0.25) is 0 Å². The molecule has 0 amide bonds. The number of hydrogen-bond donors (Lipinski definition) is 1. The Hall–Kier alpha value is -2.68. The van der Waals surface area contributed by atoms with Crippen LogP contribution in [0, 0.1) is 5.82 Å². The lowest BCUT2D eigenvalue weighted by molar-refractivity contribution is 0.279. The van der Waals surface area contributed by atoms with E-state index in [4.69, 9.17) is 9.47 Å². The summed E-state index contributed by atoms with van der Waals surface area (Å²) in [6.45, 7) is 3.23. The molecule has 0 fully saturated rings. The number of rotatable bonds is 8. The maximum atomic E-state index is 13.8. The van der Waals surface area contributed by atoms with Crippen molar-refractivity contribution in [3.05, 3.63) is 57.8 Å². The second kappa shape index (κ2) is 8.81. The molecule has 0 atom stereocenters. The van der Waals surface area contributed by atoms with Crippen molar-refractivity contribution in [2.24, 2.45) is 0 Å². The summed E-state index contributed by atoms with van der Waals surface area (Å²) in [4.78, 5) is 0. The predicted molar refractivity (Wildman–Crippen MR) is 102 cm³/mol. The highest BCUT2D eigenvalue weighted by Gasteiger charge is 2.13. The highest BCUT2D eigenvalue weighted by Crippen LogP contribution is 2.34. The first-order chi connectivity index (χ1) is 13.1. The lowest BCUT2D eigenvalue weighted by atomic mass is 10.2. The fourth-order valence-corrected chi connectivity index (χ4v) is 2.94. The number of aromatic nitrogens is 4. The van der Waals surface area contributed by atoms with Gasteiger partial charge in [-0.2, -0.15) is 0 Å². The number of ether oxygens (including phenoxy) is 2. The van der Waals surface area contributed by atoms with Gasteiger partial charge in [-0.1, -0.05) is 39.2 Å². The van der Waals surface area contributed by atoms with Crippen molar-refractivity contribution >= 4 is 21.9 Å². The van der Waals surface area contributed by atoms with Gasteiger partial charge in [0.15, 0.2) is 11.5 Å². The Labute approximate surface area is 164 Å². The van der Waals surface area contributed by atoms with Crippen LogP contribution in [0.15, 0.2) is 40.9 Å². The molecule has 142 valence electrons. The summed E-state index contributed by atoms with van der Waals surface area (Å²) in [5.41, 5.74) is 1.42. The first kappa shape index (κ1) is 19.1. The van der Waals surface area contributed by atoms with Crippen LogP contribution in [0.5, 0.6) is 11.5 Å². The molecule has 2 aromatic carbocycles. The number of tetrazole rings is 1. The Morgan fingerprint density at radius 2 is 2.00 bits per heavy atom. The first-order valence-corrected chi connectivity index (χ1v) is 9.14. The Bertz CT molecular complexity index is 919. The van der Waals surface area contributed by atoms with Gasteiger partial charge in [0.1, 0.15) is 12.4 Å². The van der Waals surface area contributed by atoms with E-state index < -0.39 is 0 Å². The van der Waals surface area contributed by atoms with Gasteiger partial charge >= 0.3 is 0 Å². The number of methoxy groups -OCH3 is 1. The monoisotopic (exact) mass is 435 g/mol. The van der Waals surface area contributed by atoms with Crippen molar-refractivity contribution in [2.45, 2.75) is 26.6 Å².